The fraction of sp³-hybridized carbons (Fsp3) is 0.786. The second-order valence-corrected chi connectivity index (χ2v) is 4.92. The smallest absolute Gasteiger partial charge is 0.0395 e. The minimum atomic E-state index is 0.585. The van der Waals surface area contributed by atoms with Crippen molar-refractivity contribution in [3.63, 3.8) is 0 Å². The standard InChI is InChI=1S/C14H25N/c1-5-8-13-9-6-7-10-14(13)15-12(4)11(2)3/h11H,5-10H2,1-4H3. The monoisotopic (exact) mass is 207 g/mol. The molecule has 0 saturated carbocycles. The number of aliphatic imine (C=N–C) groups is 1. The highest BCUT2D eigenvalue weighted by atomic mass is 14.8. The molecule has 15 heavy (non-hydrogen) atoms. The molecular formula is C14H25N. The van der Waals surface area contributed by atoms with E-state index in [1.165, 1.54) is 49.9 Å². The first-order valence-electron chi connectivity index (χ1n) is 6.41. The van der Waals surface area contributed by atoms with Crippen LogP contribution in [-0.4, -0.2) is 5.71 Å². The maximum Gasteiger partial charge on any atom is 0.0395 e. The molecule has 0 aromatic rings. The van der Waals surface area contributed by atoms with E-state index in [1.54, 1.807) is 5.57 Å². The summed E-state index contributed by atoms with van der Waals surface area (Å²) in [5.74, 6) is 0.585. The molecule has 0 fully saturated rings. The Morgan fingerprint density at radius 2 is 1.93 bits per heavy atom. The molecule has 1 nitrogen and oxygen atoms in total. The number of nitrogens with zero attached hydrogens (tertiary/aromatic N) is 1. The summed E-state index contributed by atoms with van der Waals surface area (Å²) < 4.78 is 0. The highest BCUT2D eigenvalue weighted by molar-refractivity contribution is 5.84. The van der Waals surface area contributed by atoms with Gasteiger partial charge < -0.3 is 0 Å². The number of rotatable bonds is 4. The van der Waals surface area contributed by atoms with Crippen LogP contribution in [0.4, 0.5) is 0 Å². The third kappa shape index (κ3) is 3.81. The van der Waals surface area contributed by atoms with Crippen molar-refractivity contribution in [3.8, 4) is 0 Å². The molecule has 0 radical (unpaired) electrons. The van der Waals surface area contributed by atoms with Crippen LogP contribution in [0.25, 0.3) is 0 Å². The predicted octanol–water partition coefficient (Wildman–Crippen LogP) is 4.73. The molecule has 0 unspecified atom stereocenters. The van der Waals surface area contributed by atoms with Crippen LogP contribution in [0.15, 0.2) is 16.3 Å². The quantitative estimate of drug-likeness (QED) is 0.591. The van der Waals surface area contributed by atoms with E-state index in [2.05, 4.69) is 27.7 Å². The molecule has 0 atom stereocenters. The maximum atomic E-state index is 4.83. The lowest BCUT2D eigenvalue weighted by Crippen LogP contribution is -2.05. The number of hydrogen-bond acceptors (Lipinski definition) is 1. The minimum absolute atomic E-state index is 0.585. The molecule has 86 valence electrons. The Balaban J connectivity index is 2.82. The largest absolute Gasteiger partial charge is 0.262 e. The lowest BCUT2D eigenvalue weighted by Gasteiger charge is -2.18. The van der Waals surface area contributed by atoms with Gasteiger partial charge >= 0.3 is 0 Å². The average molecular weight is 207 g/mol. The van der Waals surface area contributed by atoms with E-state index < -0.39 is 0 Å². The first-order valence-corrected chi connectivity index (χ1v) is 6.41. The normalized spacial score (nSPS) is 18.9. The minimum Gasteiger partial charge on any atom is -0.262 e. The third-order valence-electron chi connectivity index (χ3n) is 3.25. The van der Waals surface area contributed by atoms with Crippen LogP contribution >= 0.6 is 0 Å². The SMILES string of the molecule is CCCC1=C(N=C(C)C(C)C)CCCC1. The zero-order valence-electron chi connectivity index (χ0n) is 10.8. The molecular weight excluding hydrogens is 182 g/mol. The van der Waals surface area contributed by atoms with Gasteiger partial charge in [-0.1, -0.05) is 27.2 Å². The Bertz CT molecular complexity index is 259. The van der Waals surface area contributed by atoms with Gasteiger partial charge in [-0.2, -0.15) is 0 Å². The molecule has 1 rings (SSSR count). The second kappa shape index (κ2) is 6.09. The van der Waals surface area contributed by atoms with Crippen molar-refractivity contribution >= 4 is 5.71 Å². The zero-order chi connectivity index (χ0) is 11.3. The van der Waals surface area contributed by atoms with E-state index in [-0.39, 0.29) is 0 Å². The Morgan fingerprint density at radius 1 is 1.27 bits per heavy atom. The van der Waals surface area contributed by atoms with Crippen LogP contribution in [0.3, 0.4) is 0 Å². The van der Waals surface area contributed by atoms with Crippen LogP contribution in [0.5, 0.6) is 0 Å². The van der Waals surface area contributed by atoms with E-state index in [9.17, 15) is 0 Å². The summed E-state index contributed by atoms with van der Waals surface area (Å²) in [5, 5.41) is 0. The Hall–Kier alpha value is -0.590. The van der Waals surface area contributed by atoms with E-state index in [0.29, 0.717) is 5.92 Å². The Kier molecular flexibility index (Phi) is 5.07. The summed E-state index contributed by atoms with van der Waals surface area (Å²) in [6.45, 7) is 8.87. The molecule has 0 aliphatic heterocycles. The van der Waals surface area contributed by atoms with Crippen molar-refractivity contribution in [2.45, 2.75) is 66.2 Å². The molecule has 1 aliphatic carbocycles. The molecule has 0 heterocycles. The van der Waals surface area contributed by atoms with Crippen LogP contribution in [0, 0.1) is 5.92 Å². The van der Waals surface area contributed by atoms with Crippen molar-refractivity contribution in [1.82, 2.24) is 0 Å². The lowest BCUT2D eigenvalue weighted by molar-refractivity contribution is 0.637. The van der Waals surface area contributed by atoms with Gasteiger partial charge in [0, 0.05) is 11.4 Å². The van der Waals surface area contributed by atoms with Crippen LogP contribution in [-0.2, 0) is 0 Å². The predicted molar refractivity (Wildman–Crippen MR) is 68.3 cm³/mol. The van der Waals surface area contributed by atoms with Crippen LogP contribution in [0.1, 0.15) is 66.2 Å². The van der Waals surface area contributed by atoms with E-state index in [4.69, 9.17) is 4.99 Å². The topological polar surface area (TPSA) is 12.4 Å². The first-order chi connectivity index (χ1) is 7.15. The van der Waals surface area contributed by atoms with Gasteiger partial charge in [-0.05, 0) is 50.5 Å². The maximum absolute atomic E-state index is 4.83. The van der Waals surface area contributed by atoms with Gasteiger partial charge in [-0.25, -0.2) is 0 Å². The lowest BCUT2D eigenvalue weighted by atomic mass is 9.93. The van der Waals surface area contributed by atoms with Gasteiger partial charge in [0.05, 0.1) is 0 Å². The number of hydrogen-bond donors (Lipinski definition) is 0. The fourth-order valence-electron chi connectivity index (χ4n) is 2.00. The van der Waals surface area contributed by atoms with Gasteiger partial charge in [0.15, 0.2) is 0 Å². The summed E-state index contributed by atoms with van der Waals surface area (Å²) in [6.07, 6.45) is 7.71. The molecule has 0 N–H and O–H groups in total. The summed E-state index contributed by atoms with van der Waals surface area (Å²) in [7, 11) is 0. The molecule has 0 amide bonds. The van der Waals surface area contributed by atoms with Crippen LogP contribution < -0.4 is 0 Å². The molecule has 0 aromatic heterocycles. The van der Waals surface area contributed by atoms with Gasteiger partial charge in [0.25, 0.3) is 0 Å². The van der Waals surface area contributed by atoms with Crippen molar-refractivity contribution in [1.29, 1.82) is 0 Å². The van der Waals surface area contributed by atoms with Crippen molar-refractivity contribution in [3.05, 3.63) is 11.3 Å². The third-order valence-corrected chi connectivity index (χ3v) is 3.25. The molecule has 1 aliphatic rings. The van der Waals surface area contributed by atoms with Gasteiger partial charge in [-0.3, -0.25) is 4.99 Å². The van der Waals surface area contributed by atoms with Crippen molar-refractivity contribution < 1.29 is 0 Å². The summed E-state index contributed by atoms with van der Waals surface area (Å²) >= 11 is 0. The number of allylic oxidation sites excluding steroid dienone is 2. The summed E-state index contributed by atoms with van der Waals surface area (Å²) in [4.78, 5) is 4.83. The Morgan fingerprint density at radius 3 is 2.53 bits per heavy atom. The summed E-state index contributed by atoms with van der Waals surface area (Å²) in [6, 6.07) is 0. The van der Waals surface area contributed by atoms with E-state index in [0.717, 1.165) is 0 Å². The molecule has 0 spiro atoms. The van der Waals surface area contributed by atoms with Gasteiger partial charge in [0.1, 0.15) is 0 Å². The molecule has 0 bridgehead atoms. The van der Waals surface area contributed by atoms with E-state index >= 15 is 0 Å². The molecule has 1 heteroatoms. The van der Waals surface area contributed by atoms with Gasteiger partial charge in [0.2, 0.25) is 0 Å². The van der Waals surface area contributed by atoms with Crippen molar-refractivity contribution in [2.24, 2.45) is 10.9 Å². The second-order valence-electron chi connectivity index (χ2n) is 4.92. The van der Waals surface area contributed by atoms with Gasteiger partial charge in [-0.15, -0.1) is 0 Å². The highest BCUT2D eigenvalue weighted by Crippen LogP contribution is 2.29. The highest BCUT2D eigenvalue weighted by Gasteiger charge is 2.12. The average Bonchev–Trinajstić information content (AvgIpc) is 2.21. The fourth-order valence-corrected chi connectivity index (χ4v) is 2.00. The molecule has 0 aromatic carbocycles. The van der Waals surface area contributed by atoms with Crippen molar-refractivity contribution in [2.75, 3.05) is 0 Å². The molecule has 0 saturated heterocycles. The zero-order valence-corrected chi connectivity index (χ0v) is 10.8. The first kappa shape index (κ1) is 12.5. The summed E-state index contributed by atoms with van der Waals surface area (Å²) in [5.41, 5.74) is 4.33. The van der Waals surface area contributed by atoms with E-state index in [1.807, 2.05) is 0 Å². The van der Waals surface area contributed by atoms with Crippen LogP contribution in [0.2, 0.25) is 0 Å². The Labute approximate surface area is 94.7 Å².